The molecule has 0 bridgehead atoms. The van der Waals surface area contributed by atoms with E-state index in [0.29, 0.717) is 55.7 Å². The van der Waals surface area contributed by atoms with E-state index in [2.05, 4.69) is 20.2 Å². The Labute approximate surface area is 175 Å². The van der Waals surface area contributed by atoms with Crippen molar-refractivity contribution >= 4 is 23.0 Å². The maximum absolute atomic E-state index is 14.1. The summed E-state index contributed by atoms with van der Waals surface area (Å²) in [4.78, 5) is 12.9. The first-order valence-electron chi connectivity index (χ1n) is 9.87. The number of para-hydroxylation sites is 1. The first-order chi connectivity index (χ1) is 14.7. The molecule has 0 aliphatic carbocycles. The molecule has 0 amide bonds. The zero-order valence-corrected chi connectivity index (χ0v) is 16.9. The van der Waals surface area contributed by atoms with E-state index >= 15 is 0 Å². The van der Waals surface area contributed by atoms with E-state index in [0.717, 1.165) is 11.3 Å². The number of nitrogens with zero attached hydrogens (tertiary/aromatic N) is 4. The third-order valence-corrected chi connectivity index (χ3v) is 5.25. The van der Waals surface area contributed by atoms with Crippen LogP contribution in [0.3, 0.4) is 0 Å². The molecule has 0 spiro atoms. The topological polar surface area (TPSA) is 79.5 Å². The van der Waals surface area contributed by atoms with E-state index in [4.69, 9.17) is 10.5 Å². The van der Waals surface area contributed by atoms with Gasteiger partial charge in [0, 0.05) is 32.7 Å². The fourth-order valence-electron chi connectivity index (χ4n) is 3.58. The second-order valence-corrected chi connectivity index (χ2v) is 7.09. The molecule has 0 radical (unpaired) electrons. The number of rotatable bonds is 6. The molecule has 0 saturated carbocycles. The van der Waals surface area contributed by atoms with Crippen LogP contribution >= 0.6 is 0 Å². The van der Waals surface area contributed by atoms with Crippen molar-refractivity contribution in [2.24, 2.45) is 0 Å². The molecule has 1 aliphatic rings. The molecule has 7 nitrogen and oxygen atoms in total. The number of anilines is 4. The Bertz CT molecular complexity index is 989. The number of methoxy groups -OCH3 is 1. The van der Waals surface area contributed by atoms with Crippen LogP contribution in [0.25, 0.3) is 0 Å². The lowest BCUT2D eigenvalue weighted by molar-refractivity contribution is 0.414. The monoisotopic (exact) mass is 408 g/mol. The number of hydrogen-bond donors (Lipinski definition) is 2. The molecule has 30 heavy (non-hydrogen) atoms. The van der Waals surface area contributed by atoms with E-state index in [1.807, 2.05) is 41.3 Å². The molecular formula is C22H25FN6O. The van der Waals surface area contributed by atoms with Gasteiger partial charge in [0.15, 0.2) is 11.6 Å². The summed E-state index contributed by atoms with van der Waals surface area (Å²) in [6.07, 6.45) is 1.52. The predicted molar refractivity (Wildman–Crippen MR) is 118 cm³/mol. The SMILES string of the molecule is COc1ccc(CNc2ncnc(N3CCN(c4ccccc4F)CC3)c2N)cc1. The average Bonchev–Trinajstić information content (AvgIpc) is 2.79. The molecule has 0 atom stereocenters. The van der Waals surface area contributed by atoms with Crippen LogP contribution in [0.15, 0.2) is 54.9 Å². The number of nitrogens with two attached hydrogens (primary N) is 1. The summed E-state index contributed by atoms with van der Waals surface area (Å²) in [5.74, 6) is 1.93. The first kappa shape index (κ1) is 19.8. The Kier molecular flexibility index (Phi) is 5.83. The summed E-state index contributed by atoms with van der Waals surface area (Å²) in [6.45, 7) is 3.38. The van der Waals surface area contributed by atoms with Crippen molar-refractivity contribution in [3.05, 3.63) is 66.2 Å². The number of aromatic nitrogens is 2. The van der Waals surface area contributed by atoms with Crippen LogP contribution in [0.4, 0.5) is 27.4 Å². The minimum atomic E-state index is -0.197. The lowest BCUT2D eigenvalue weighted by Crippen LogP contribution is -2.47. The summed E-state index contributed by atoms with van der Waals surface area (Å²) in [5.41, 5.74) is 8.62. The average molecular weight is 408 g/mol. The number of nitrogens with one attached hydrogen (secondary N) is 1. The summed E-state index contributed by atoms with van der Waals surface area (Å²) < 4.78 is 19.3. The molecule has 1 fully saturated rings. The molecule has 156 valence electrons. The molecule has 2 aromatic carbocycles. The van der Waals surface area contributed by atoms with E-state index in [-0.39, 0.29) is 5.82 Å². The largest absolute Gasteiger partial charge is 0.497 e. The number of piperazine rings is 1. The molecular weight excluding hydrogens is 383 g/mol. The van der Waals surface area contributed by atoms with Gasteiger partial charge in [-0.25, -0.2) is 14.4 Å². The lowest BCUT2D eigenvalue weighted by Gasteiger charge is -2.37. The summed E-state index contributed by atoms with van der Waals surface area (Å²) >= 11 is 0. The van der Waals surface area contributed by atoms with Gasteiger partial charge in [-0.05, 0) is 29.8 Å². The second-order valence-electron chi connectivity index (χ2n) is 7.09. The Morgan fingerprint density at radius 2 is 1.70 bits per heavy atom. The highest BCUT2D eigenvalue weighted by Crippen LogP contribution is 2.28. The third kappa shape index (κ3) is 4.22. The van der Waals surface area contributed by atoms with Gasteiger partial charge in [-0.15, -0.1) is 0 Å². The molecule has 2 heterocycles. The van der Waals surface area contributed by atoms with Crippen molar-refractivity contribution in [2.75, 3.05) is 54.1 Å². The lowest BCUT2D eigenvalue weighted by atomic mass is 10.2. The van der Waals surface area contributed by atoms with E-state index < -0.39 is 0 Å². The summed E-state index contributed by atoms with van der Waals surface area (Å²) in [5, 5.41) is 3.28. The van der Waals surface area contributed by atoms with Crippen molar-refractivity contribution in [2.45, 2.75) is 6.54 Å². The normalized spacial score (nSPS) is 13.9. The van der Waals surface area contributed by atoms with Crippen molar-refractivity contribution in [3.8, 4) is 5.75 Å². The number of hydrogen-bond acceptors (Lipinski definition) is 7. The van der Waals surface area contributed by atoms with Gasteiger partial charge < -0.3 is 25.6 Å². The maximum atomic E-state index is 14.1. The van der Waals surface area contributed by atoms with Gasteiger partial charge in [-0.3, -0.25) is 0 Å². The highest BCUT2D eigenvalue weighted by molar-refractivity contribution is 5.75. The van der Waals surface area contributed by atoms with Crippen molar-refractivity contribution in [1.82, 2.24) is 9.97 Å². The van der Waals surface area contributed by atoms with Crippen LogP contribution in [-0.2, 0) is 6.54 Å². The van der Waals surface area contributed by atoms with Gasteiger partial charge in [0.25, 0.3) is 0 Å². The van der Waals surface area contributed by atoms with Gasteiger partial charge in [-0.2, -0.15) is 0 Å². The molecule has 3 N–H and O–H groups in total. The van der Waals surface area contributed by atoms with Gasteiger partial charge in [0.05, 0.1) is 12.8 Å². The van der Waals surface area contributed by atoms with Crippen LogP contribution in [0.5, 0.6) is 5.75 Å². The number of halogens is 1. The zero-order chi connectivity index (χ0) is 20.9. The molecule has 1 aromatic heterocycles. The van der Waals surface area contributed by atoms with E-state index in [1.165, 1.54) is 12.4 Å². The number of nitrogen functional groups attached to an aromatic ring is 1. The molecule has 4 rings (SSSR count). The van der Waals surface area contributed by atoms with E-state index in [1.54, 1.807) is 13.2 Å². The van der Waals surface area contributed by atoms with Crippen LogP contribution in [0, 0.1) is 5.82 Å². The number of ether oxygens (including phenoxy) is 1. The minimum Gasteiger partial charge on any atom is -0.497 e. The molecule has 1 saturated heterocycles. The van der Waals surface area contributed by atoms with Crippen molar-refractivity contribution < 1.29 is 9.13 Å². The Morgan fingerprint density at radius 3 is 2.40 bits per heavy atom. The van der Waals surface area contributed by atoms with E-state index in [9.17, 15) is 4.39 Å². The van der Waals surface area contributed by atoms with Gasteiger partial charge in [0.2, 0.25) is 0 Å². The maximum Gasteiger partial charge on any atom is 0.157 e. The Hall–Kier alpha value is -3.55. The van der Waals surface area contributed by atoms with Gasteiger partial charge >= 0.3 is 0 Å². The first-order valence-corrected chi connectivity index (χ1v) is 9.87. The smallest absolute Gasteiger partial charge is 0.157 e. The Morgan fingerprint density at radius 1 is 1.00 bits per heavy atom. The fourth-order valence-corrected chi connectivity index (χ4v) is 3.58. The zero-order valence-electron chi connectivity index (χ0n) is 16.9. The second kappa shape index (κ2) is 8.86. The van der Waals surface area contributed by atoms with Gasteiger partial charge in [0.1, 0.15) is 23.6 Å². The number of benzene rings is 2. The molecule has 0 unspecified atom stereocenters. The summed E-state index contributed by atoms with van der Waals surface area (Å²) in [7, 11) is 1.65. The van der Waals surface area contributed by atoms with Crippen molar-refractivity contribution in [1.29, 1.82) is 0 Å². The third-order valence-electron chi connectivity index (χ3n) is 5.25. The molecule has 3 aromatic rings. The standard InChI is InChI=1S/C22H25FN6O/c1-30-17-8-6-16(7-9-17)14-25-21-20(24)22(27-15-26-21)29-12-10-28(11-13-29)19-5-3-2-4-18(19)23/h2-9,15H,10-14,24H2,1H3,(H,25,26,27). The fraction of sp³-hybridized carbons (Fsp3) is 0.273. The molecule has 8 heteroatoms. The summed E-state index contributed by atoms with van der Waals surface area (Å²) in [6, 6.07) is 14.7. The van der Waals surface area contributed by atoms with Crippen molar-refractivity contribution in [3.63, 3.8) is 0 Å². The minimum absolute atomic E-state index is 0.197. The van der Waals surface area contributed by atoms with Crippen LogP contribution in [0.1, 0.15) is 5.56 Å². The van der Waals surface area contributed by atoms with Gasteiger partial charge in [-0.1, -0.05) is 24.3 Å². The molecule has 1 aliphatic heterocycles. The highest BCUT2D eigenvalue weighted by atomic mass is 19.1. The quantitative estimate of drug-likeness (QED) is 0.649. The Balaban J connectivity index is 1.41. The van der Waals surface area contributed by atoms with Crippen LogP contribution in [-0.4, -0.2) is 43.3 Å². The van der Waals surface area contributed by atoms with Crippen LogP contribution in [0.2, 0.25) is 0 Å². The van der Waals surface area contributed by atoms with Crippen LogP contribution < -0.4 is 25.6 Å². The highest BCUT2D eigenvalue weighted by Gasteiger charge is 2.22. The predicted octanol–water partition coefficient (Wildman–Crippen LogP) is 3.15.